The van der Waals surface area contributed by atoms with Gasteiger partial charge in [0.2, 0.25) is 5.95 Å². The number of anilines is 2. The van der Waals surface area contributed by atoms with E-state index in [1.165, 1.54) is 0 Å². The molecule has 0 saturated carbocycles. The van der Waals surface area contributed by atoms with E-state index in [2.05, 4.69) is 10.6 Å². The van der Waals surface area contributed by atoms with Crippen LogP contribution in [0, 0.1) is 6.92 Å². The summed E-state index contributed by atoms with van der Waals surface area (Å²) in [4.78, 5) is 18.4. The summed E-state index contributed by atoms with van der Waals surface area (Å²) in [5, 5.41) is 20.9. The van der Waals surface area contributed by atoms with Crippen molar-refractivity contribution < 1.29 is 14.6 Å². The average molecular weight is 468 g/mol. The van der Waals surface area contributed by atoms with Crippen LogP contribution in [0.1, 0.15) is 24.1 Å². The Morgan fingerprint density at radius 1 is 1.06 bits per heavy atom. The highest BCUT2D eigenvalue weighted by Gasteiger charge is 2.34. The summed E-state index contributed by atoms with van der Waals surface area (Å²) in [7, 11) is 1.56. The lowest BCUT2D eigenvalue weighted by Gasteiger charge is -2.28. The van der Waals surface area contributed by atoms with Crippen LogP contribution in [0.2, 0.25) is 0 Å². The third-order valence-electron chi connectivity index (χ3n) is 5.94. The molecule has 3 N–H and O–H groups in total. The zero-order valence-electron chi connectivity index (χ0n) is 19.6. The summed E-state index contributed by atoms with van der Waals surface area (Å²) >= 11 is 0. The lowest BCUT2D eigenvalue weighted by molar-refractivity contribution is -0.113. The molecule has 3 aromatic carbocycles. The molecule has 2 heterocycles. The highest BCUT2D eigenvalue weighted by molar-refractivity contribution is 6.06. The molecule has 0 radical (unpaired) electrons. The molecular formula is C27H25N5O3. The van der Waals surface area contributed by atoms with Crippen LogP contribution >= 0.6 is 0 Å². The topological polar surface area (TPSA) is 101 Å². The summed E-state index contributed by atoms with van der Waals surface area (Å²) in [6.45, 7) is 3.86. The lowest BCUT2D eigenvalue weighted by atomic mass is 9.95. The zero-order valence-corrected chi connectivity index (χ0v) is 19.6. The van der Waals surface area contributed by atoms with Crippen molar-refractivity contribution in [2.75, 3.05) is 17.7 Å². The van der Waals surface area contributed by atoms with Gasteiger partial charge in [0.05, 0.1) is 18.4 Å². The minimum Gasteiger partial charge on any atom is -0.508 e. The Hall–Kier alpha value is -4.59. The van der Waals surface area contributed by atoms with Crippen LogP contribution < -0.4 is 15.4 Å². The second-order valence-corrected chi connectivity index (χ2v) is 8.39. The molecule has 0 bridgehead atoms. The van der Waals surface area contributed by atoms with E-state index >= 15 is 0 Å². The molecule has 8 heteroatoms. The molecule has 1 unspecified atom stereocenters. The van der Waals surface area contributed by atoms with E-state index in [1.54, 1.807) is 48.2 Å². The van der Waals surface area contributed by atoms with Crippen LogP contribution in [0.5, 0.6) is 11.5 Å². The first-order chi connectivity index (χ1) is 16.9. The number of allylic oxidation sites excluding steroid dienone is 1. The second-order valence-electron chi connectivity index (χ2n) is 8.39. The van der Waals surface area contributed by atoms with Crippen LogP contribution in [0.15, 0.2) is 84.1 Å². The van der Waals surface area contributed by atoms with Gasteiger partial charge in [0.25, 0.3) is 5.91 Å². The van der Waals surface area contributed by atoms with E-state index in [4.69, 9.17) is 14.8 Å². The zero-order chi connectivity index (χ0) is 24.5. The first-order valence-corrected chi connectivity index (χ1v) is 11.2. The first-order valence-electron chi connectivity index (χ1n) is 11.2. The van der Waals surface area contributed by atoms with Gasteiger partial charge in [-0.05, 0) is 49.7 Å². The normalized spacial score (nSPS) is 14.8. The molecule has 0 spiro atoms. The van der Waals surface area contributed by atoms with Crippen LogP contribution in [-0.4, -0.2) is 32.9 Å². The third-order valence-corrected chi connectivity index (χ3v) is 5.94. The van der Waals surface area contributed by atoms with Gasteiger partial charge >= 0.3 is 0 Å². The Balaban J connectivity index is 1.60. The van der Waals surface area contributed by atoms with Crippen molar-refractivity contribution in [2.24, 2.45) is 0 Å². The van der Waals surface area contributed by atoms with Crippen molar-refractivity contribution in [2.45, 2.75) is 19.9 Å². The van der Waals surface area contributed by atoms with Crippen LogP contribution in [0.25, 0.3) is 11.4 Å². The highest BCUT2D eigenvalue weighted by Crippen LogP contribution is 2.38. The molecule has 1 atom stereocenters. The first kappa shape index (κ1) is 22.2. The molecule has 5 rings (SSSR count). The standard InChI is InChI=1S/C27H25N5O3/c1-16-7-6-8-19(15-16)25-30-27-28-17(2)23(26(34)29-21-9-4-5-10-22(21)35-3)24(32(27)31-25)18-11-13-20(33)14-12-18/h4-15,24,33H,1-3H3,(H,29,34)(H,28,30,31). The Morgan fingerprint density at radius 2 is 1.83 bits per heavy atom. The fraction of sp³-hybridized carbons (Fsp3) is 0.148. The Kier molecular flexibility index (Phi) is 5.70. The summed E-state index contributed by atoms with van der Waals surface area (Å²) in [6, 6.07) is 21.4. The SMILES string of the molecule is COc1ccccc1NC(=O)C1=C(C)Nc2nc(-c3cccc(C)c3)nn2C1c1ccc(O)cc1. The van der Waals surface area contributed by atoms with Gasteiger partial charge in [-0.25, -0.2) is 4.68 Å². The molecule has 1 aliphatic heterocycles. The van der Waals surface area contributed by atoms with Gasteiger partial charge in [-0.15, -0.1) is 5.10 Å². The van der Waals surface area contributed by atoms with E-state index < -0.39 is 6.04 Å². The van der Waals surface area contributed by atoms with Crippen molar-refractivity contribution in [3.63, 3.8) is 0 Å². The number of hydrogen-bond donors (Lipinski definition) is 3. The number of hydrogen-bond acceptors (Lipinski definition) is 6. The van der Waals surface area contributed by atoms with E-state index in [0.717, 1.165) is 16.7 Å². The molecule has 4 aromatic rings. The number of methoxy groups -OCH3 is 1. The smallest absolute Gasteiger partial charge is 0.255 e. The highest BCUT2D eigenvalue weighted by atomic mass is 16.5. The number of carbonyl (C=O) groups is 1. The molecule has 8 nitrogen and oxygen atoms in total. The Bertz CT molecular complexity index is 1440. The van der Waals surface area contributed by atoms with Crippen molar-refractivity contribution in [1.29, 1.82) is 0 Å². The number of aryl methyl sites for hydroxylation is 1. The molecule has 1 amide bonds. The van der Waals surface area contributed by atoms with Crippen molar-refractivity contribution in [3.8, 4) is 22.9 Å². The number of para-hydroxylation sites is 2. The summed E-state index contributed by atoms with van der Waals surface area (Å²) in [5.74, 6) is 1.50. The number of carbonyl (C=O) groups excluding carboxylic acids is 1. The van der Waals surface area contributed by atoms with E-state index in [-0.39, 0.29) is 11.7 Å². The Labute approximate surface area is 202 Å². The van der Waals surface area contributed by atoms with Crippen LogP contribution in [-0.2, 0) is 4.79 Å². The van der Waals surface area contributed by atoms with Crippen LogP contribution in [0.4, 0.5) is 11.6 Å². The predicted octanol–water partition coefficient (Wildman–Crippen LogP) is 4.90. The monoisotopic (exact) mass is 467 g/mol. The maximum atomic E-state index is 13.7. The molecule has 35 heavy (non-hydrogen) atoms. The van der Waals surface area contributed by atoms with Crippen molar-refractivity contribution in [1.82, 2.24) is 14.8 Å². The molecule has 176 valence electrons. The van der Waals surface area contributed by atoms with Gasteiger partial charge in [0, 0.05) is 11.3 Å². The van der Waals surface area contributed by atoms with Gasteiger partial charge < -0.3 is 20.5 Å². The number of phenolic OH excluding ortho intramolecular Hbond substituents is 1. The van der Waals surface area contributed by atoms with Crippen LogP contribution in [0.3, 0.4) is 0 Å². The molecule has 0 aliphatic carbocycles. The number of phenols is 1. The fourth-order valence-corrected chi connectivity index (χ4v) is 4.25. The van der Waals surface area contributed by atoms with Gasteiger partial charge in [0.1, 0.15) is 17.5 Å². The quantitative estimate of drug-likeness (QED) is 0.386. The number of ether oxygens (including phenoxy) is 1. The van der Waals surface area contributed by atoms with E-state index in [0.29, 0.717) is 34.5 Å². The van der Waals surface area contributed by atoms with Gasteiger partial charge in [-0.3, -0.25) is 4.79 Å². The predicted molar refractivity (Wildman–Crippen MR) is 134 cm³/mol. The summed E-state index contributed by atoms with van der Waals surface area (Å²) in [5.41, 5.74) is 4.48. The fourth-order valence-electron chi connectivity index (χ4n) is 4.25. The molecular weight excluding hydrogens is 442 g/mol. The number of nitrogens with one attached hydrogen (secondary N) is 2. The number of nitrogens with zero attached hydrogens (tertiary/aromatic N) is 3. The van der Waals surface area contributed by atoms with Gasteiger partial charge in [0.15, 0.2) is 5.82 Å². The lowest BCUT2D eigenvalue weighted by Crippen LogP contribution is -2.31. The minimum atomic E-state index is -0.562. The molecule has 1 aromatic heterocycles. The maximum Gasteiger partial charge on any atom is 0.255 e. The van der Waals surface area contributed by atoms with E-state index in [9.17, 15) is 9.90 Å². The van der Waals surface area contributed by atoms with Crippen molar-refractivity contribution >= 4 is 17.5 Å². The number of aromatic nitrogens is 3. The molecule has 1 aliphatic rings. The number of fused-ring (bicyclic) bond motifs is 1. The largest absolute Gasteiger partial charge is 0.508 e. The maximum absolute atomic E-state index is 13.7. The van der Waals surface area contributed by atoms with Gasteiger partial charge in [-0.1, -0.05) is 48.0 Å². The summed E-state index contributed by atoms with van der Waals surface area (Å²) < 4.78 is 7.12. The number of aromatic hydroxyl groups is 1. The average Bonchev–Trinajstić information content (AvgIpc) is 3.28. The number of amides is 1. The second kappa shape index (κ2) is 8.98. The molecule has 0 fully saturated rings. The minimum absolute atomic E-state index is 0.141. The van der Waals surface area contributed by atoms with Gasteiger partial charge in [-0.2, -0.15) is 4.98 Å². The number of rotatable bonds is 5. The third kappa shape index (κ3) is 4.21. The van der Waals surface area contributed by atoms with Crippen molar-refractivity contribution in [3.05, 3.63) is 95.2 Å². The Morgan fingerprint density at radius 3 is 2.57 bits per heavy atom. The summed E-state index contributed by atoms with van der Waals surface area (Å²) in [6.07, 6.45) is 0. The molecule has 0 saturated heterocycles. The number of benzene rings is 3. The van der Waals surface area contributed by atoms with E-state index in [1.807, 2.05) is 50.2 Å².